The Morgan fingerprint density at radius 3 is 1.32 bits per heavy atom. The van der Waals surface area contributed by atoms with Gasteiger partial charge in [-0.3, -0.25) is 4.79 Å². The van der Waals surface area contributed by atoms with E-state index < -0.39 is 49.3 Å². The lowest BCUT2D eigenvalue weighted by Crippen LogP contribution is -2.71. The van der Waals surface area contributed by atoms with Crippen molar-refractivity contribution in [3.05, 3.63) is 0 Å². The third-order valence-electron chi connectivity index (χ3n) is 1.87. The summed E-state index contributed by atoms with van der Waals surface area (Å²) in [6.45, 7) is -3.12. The highest BCUT2D eigenvalue weighted by atomic mass is 19.4. The first-order valence-corrected chi connectivity index (χ1v) is 4.80. The highest BCUT2D eigenvalue weighted by Gasteiger charge is 2.68. The third kappa shape index (κ3) is 4.38. The second kappa shape index (κ2) is 6.18. The average Bonchev–Trinajstić information content (AvgIpc) is 2.28. The van der Waals surface area contributed by atoms with Gasteiger partial charge in [0.2, 0.25) is 0 Å². The summed E-state index contributed by atoms with van der Waals surface area (Å²) in [5.41, 5.74) is -6.12. The summed E-state index contributed by atoms with van der Waals surface area (Å²) in [7, 11) is 0. The quantitative estimate of drug-likeness (QED) is 0.427. The number of carbonyl (C=O) groups is 2. The molecule has 0 heterocycles. The van der Waals surface area contributed by atoms with Crippen LogP contribution in [0, 0.1) is 0 Å². The molecule has 0 N–H and O–H groups in total. The van der Waals surface area contributed by atoms with Gasteiger partial charge in [-0.25, -0.2) is 4.79 Å². The summed E-state index contributed by atoms with van der Waals surface area (Å²) in [6, 6.07) is 0. The predicted molar refractivity (Wildman–Crippen MR) is 42.8 cm³/mol. The second-order valence-corrected chi connectivity index (χ2v) is 3.45. The standard InChI is InChI=1S/C8H4F9O5/c9-6(10,11)4(19)22-2-1-21-3(18)5(20,7(12,13)14)8(15,16)17/h1-2H2/q-1. The first kappa shape index (κ1) is 20.3. The molecule has 22 heavy (non-hydrogen) atoms. The van der Waals surface area contributed by atoms with E-state index in [0.717, 1.165) is 0 Å². The molecule has 0 amide bonds. The van der Waals surface area contributed by atoms with Gasteiger partial charge >= 0.3 is 30.5 Å². The van der Waals surface area contributed by atoms with Gasteiger partial charge in [-0.15, -0.1) is 0 Å². The number of halogens is 9. The van der Waals surface area contributed by atoms with Crippen molar-refractivity contribution in [2.75, 3.05) is 13.2 Å². The van der Waals surface area contributed by atoms with Crippen molar-refractivity contribution in [2.24, 2.45) is 0 Å². The van der Waals surface area contributed by atoms with Gasteiger partial charge in [0.15, 0.2) is 5.60 Å². The first-order chi connectivity index (χ1) is 9.55. The van der Waals surface area contributed by atoms with E-state index in [1.807, 2.05) is 0 Å². The van der Waals surface area contributed by atoms with E-state index in [9.17, 15) is 54.2 Å². The van der Waals surface area contributed by atoms with Crippen molar-refractivity contribution in [1.82, 2.24) is 0 Å². The normalized spacial score (nSPS) is 13.7. The largest absolute Gasteiger partial charge is 0.828 e. The van der Waals surface area contributed by atoms with Crippen molar-refractivity contribution >= 4 is 11.9 Å². The molecule has 0 atom stereocenters. The Bertz CT molecular complexity index is 407. The maximum Gasteiger partial charge on any atom is 0.490 e. The Hall–Kier alpha value is -1.73. The summed E-state index contributed by atoms with van der Waals surface area (Å²) in [4.78, 5) is 20.8. The Morgan fingerprint density at radius 2 is 1.05 bits per heavy atom. The Balaban J connectivity index is 4.74. The highest BCUT2D eigenvalue weighted by molar-refractivity contribution is 5.81. The summed E-state index contributed by atoms with van der Waals surface area (Å²) < 4.78 is 114. The second-order valence-electron chi connectivity index (χ2n) is 3.45. The van der Waals surface area contributed by atoms with E-state index in [1.165, 1.54) is 0 Å². The average molecular weight is 351 g/mol. The van der Waals surface area contributed by atoms with Crippen molar-refractivity contribution in [2.45, 2.75) is 24.1 Å². The van der Waals surface area contributed by atoms with E-state index >= 15 is 0 Å². The first-order valence-electron chi connectivity index (χ1n) is 4.80. The molecule has 0 radical (unpaired) electrons. The lowest BCUT2D eigenvalue weighted by atomic mass is 10.0. The van der Waals surface area contributed by atoms with E-state index in [0.29, 0.717) is 0 Å². The molecular weight excluding hydrogens is 347 g/mol. The van der Waals surface area contributed by atoms with Gasteiger partial charge in [0.1, 0.15) is 13.2 Å². The molecule has 0 aromatic heterocycles. The zero-order valence-corrected chi connectivity index (χ0v) is 9.86. The summed E-state index contributed by atoms with van der Waals surface area (Å²) in [6.07, 6.45) is -18.7. The van der Waals surface area contributed by atoms with Gasteiger partial charge in [-0.05, 0) is 0 Å². The molecule has 0 aliphatic heterocycles. The highest BCUT2D eigenvalue weighted by Crippen LogP contribution is 2.41. The minimum atomic E-state index is -6.61. The van der Waals surface area contributed by atoms with Crippen LogP contribution in [-0.2, 0) is 19.1 Å². The van der Waals surface area contributed by atoms with Gasteiger partial charge in [0.05, 0.1) is 0 Å². The van der Waals surface area contributed by atoms with Gasteiger partial charge in [-0.2, -0.15) is 39.5 Å². The van der Waals surface area contributed by atoms with Crippen LogP contribution in [0.25, 0.3) is 0 Å². The summed E-state index contributed by atoms with van der Waals surface area (Å²) >= 11 is 0. The minimum absolute atomic E-state index is 1.50. The Labute approximate surface area is 114 Å². The smallest absolute Gasteiger partial charge is 0.490 e. The van der Waals surface area contributed by atoms with E-state index in [-0.39, 0.29) is 0 Å². The van der Waals surface area contributed by atoms with Gasteiger partial charge in [-0.1, -0.05) is 0 Å². The van der Waals surface area contributed by atoms with Gasteiger partial charge < -0.3 is 14.6 Å². The Morgan fingerprint density at radius 1 is 0.727 bits per heavy atom. The molecule has 0 rings (SSSR count). The SMILES string of the molecule is O=C(OCCOC(=O)C([O-])(C(F)(F)F)C(F)(F)F)C(F)(F)F. The van der Waals surface area contributed by atoms with Crippen LogP contribution < -0.4 is 5.11 Å². The topological polar surface area (TPSA) is 75.7 Å². The molecular formula is C8H4F9O5-. The number of hydrogen-bond acceptors (Lipinski definition) is 5. The molecule has 0 bridgehead atoms. The van der Waals surface area contributed by atoms with Crippen molar-refractivity contribution in [3.8, 4) is 0 Å². The van der Waals surface area contributed by atoms with Crippen LogP contribution in [0.1, 0.15) is 0 Å². The molecule has 0 saturated heterocycles. The van der Waals surface area contributed by atoms with Crippen LogP contribution in [0.15, 0.2) is 0 Å². The van der Waals surface area contributed by atoms with Gasteiger partial charge in [0, 0.05) is 0 Å². The molecule has 0 aliphatic rings. The fraction of sp³-hybridized carbons (Fsp3) is 0.750. The molecule has 0 aliphatic carbocycles. The number of hydrogen-bond donors (Lipinski definition) is 0. The monoisotopic (exact) mass is 351 g/mol. The number of carbonyl (C=O) groups excluding carboxylic acids is 2. The Kier molecular flexibility index (Phi) is 5.69. The molecule has 0 aromatic rings. The van der Waals surface area contributed by atoms with Crippen LogP contribution in [0.5, 0.6) is 0 Å². The zero-order chi connectivity index (χ0) is 18.0. The number of rotatable bonds is 4. The number of esters is 2. The maximum atomic E-state index is 12.1. The molecule has 0 saturated carbocycles. The van der Waals surface area contributed by atoms with Crippen LogP contribution in [0.4, 0.5) is 39.5 Å². The van der Waals surface area contributed by atoms with Gasteiger partial charge in [0.25, 0.3) is 0 Å². The molecule has 0 unspecified atom stereocenters. The predicted octanol–water partition coefficient (Wildman–Crippen LogP) is 0.859. The van der Waals surface area contributed by atoms with Crippen molar-refractivity contribution < 1.29 is 63.7 Å². The fourth-order valence-corrected chi connectivity index (χ4v) is 0.844. The van der Waals surface area contributed by atoms with Crippen LogP contribution in [0.2, 0.25) is 0 Å². The van der Waals surface area contributed by atoms with E-state index in [2.05, 4.69) is 9.47 Å². The fourth-order valence-electron chi connectivity index (χ4n) is 0.844. The molecule has 0 fully saturated rings. The summed E-state index contributed by atoms with van der Waals surface area (Å²) in [5.74, 6) is -6.15. The van der Waals surface area contributed by atoms with Crippen molar-refractivity contribution in [3.63, 3.8) is 0 Å². The van der Waals surface area contributed by atoms with Crippen LogP contribution in [-0.4, -0.2) is 49.3 Å². The maximum absolute atomic E-state index is 12.1. The molecule has 14 heteroatoms. The minimum Gasteiger partial charge on any atom is -0.828 e. The van der Waals surface area contributed by atoms with E-state index in [1.54, 1.807) is 0 Å². The molecule has 130 valence electrons. The number of ether oxygens (including phenoxy) is 2. The van der Waals surface area contributed by atoms with E-state index in [4.69, 9.17) is 0 Å². The van der Waals surface area contributed by atoms with Crippen molar-refractivity contribution in [1.29, 1.82) is 0 Å². The molecule has 0 spiro atoms. The zero-order valence-electron chi connectivity index (χ0n) is 9.86. The third-order valence-corrected chi connectivity index (χ3v) is 1.87. The van der Waals surface area contributed by atoms with Crippen LogP contribution >= 0.6 is 0 Å². The summed E-state index contributed by atoms with van der Waals surface area (Å²) in [5, 5.41) is 10.7. The molecule has 5 nitrogen and oxygen atoms in total. The lowest BCUT2D eigenvalue weighted by molar-refractivity contribution is -0.574. The number of alkyl halides is 9. The van der Waals surface area contributed by atoms with Crippen LogP contribution in [0.3, 0.4) is 0 Å². The lowest BCUT2D eigenvalue weighted by Gasteiger charge is -2.40. The molecule has 0 aromatic carbocycles.